The van der Waals surface area contributed by atoms with Crippen molar-refractivity contribution >= 4 is 28.6 Å². The van der Waals surface area contributed by atoms with Gasteiger partial charge in [0.1, 0.15) is 5.75 Å². The van der Waals surface area contributed by atoms with Crippen molar-refractivity contribution in [3.8, 4) is 5.75 Å². The van der Waals surface area contributed by atoms with E-state index in [2.05, 4.69) is 9.72 Å². The maximum Gasteiger partial charge on any atom is 0.387 e. The summed E-state index contributed by atoms with van der Waals surface area (Å²) in [4.78, 5) is 31.3. The number of para-hydroxylation sites is 1. The first-order valence-electron chi connectivity index (χ1n) is 9.29. The van der Waals surface area contributed by atoms with Gasteiger partial charge < -0.3 is 9.64 Å². The molecule has 2 aromatic carbocycles. The Labute approximate surface area is 176 Å². The molecular weight excluding hydrogens is 412 g/mol. The summed E-state index contributed by atoms with van der Waals surface area (Å²) in [5.74, 6) is 0.0459. The number of rotatable bonds is 8. The van der Waals surface area contributed by atoms with Gasteiger partial charge >= 0.3 is 6.61 Å². The fraction of sp³-hybridized carbons (Fsp3) is 0.286. The second kappa shape index (κ2) is 9.71. The van der Waals surface area contributed by atoms with Gasteiger partial charge in [-0.3, -0.25) is 14.2 Å². The number of carbonyl (C=O) groups is 1. The molecule has 0 saturated heterocycles. The zero-order valence-electron chi connectivity index (χ0n) is 16.5. The zero-order valence-corrected chi connectivity index (χ0v) is 17.4. The van der Waals surface area contributed by atoms with Crippen LogP contribution in [0.25, 0.3) is 10.9 Å². The Morgan fingerprint density at radius 3 is 2.57 bits per heavy atom. The summed E-state index contributed by atoms with van der Waals surface area (Å²) < 4.78 is 30.3. The van der Waals surface area contributed by atoms with Crippen LogP contribution in [0.1, 0.15) is 12.5 Å². The van der Waals surface area contributed by atoms with Crippen molar-refractivity contribution in [2.45, 2.75) is 31.8 Å². The van der Waals surface area contributed by atoms with Crippen LogP contribution >= 0.6 is 11.8 Å². The molecule has 0 aliphatic carbocycles. The van der Waals surface area contributed by atoms with Gasteiger partial charge in [0.2, 0.25) is 5.91 Å². The molecule has 0 atom stereocenters. The van der Waals surface area contributed by atoms with Crippen LogP contribution in [-0.4, -0.2) is 39.8 Å². The summed E-state index contributed by atoms with van der Waals surface area (Å²) in [6, 6.07) is 13.3. The van der Waals surface area contributed by atoms with E-state index in [0.717, 1.165) is 5.56 Å². The topological polar surface area (TPSA) is 64.4 Å². The fourth-order valence-corrected chi connectivity index (χ4v) is 3.92. The number of alkyl halides is 2. The lowest BCUT2D eigenvalue weighted by atomic mass is 10.2. The standard InChI is InChI=1S/C21H21F2N3O3S/c1-3-26-19(28)16-6-4-5-7-17(16)24-21(26)30-13-18(27)25(2)12-14-8-10-15(11-9-14)29-20(22)23/h4-11,20H,3,12-13H2,1-2H3. The van der Waals surface area contributed by atoms with E-state index in [1.807, 2.05) is 13.0 Å². The van der Waals surface area contributed by atoms with Gasteiger partial charge in [-0.15, -0.1) is 0 Å². The van der Waals surface area contributed by atoms with Crippen molar-refractivity contribution in [2.24, 2.45) is 0 Å². The molecule has 1 heterocycles. The molecular formula is C21H21F2N3O3S. The molecule has 0 N–H and O–H groups in total. The van der Waals surface area contributed by atoms with Crippen molar-refractivity contribution < 1.29 is 18.3 Å². The number of hydrogen-bond acceptors (Lipinski definition) is 5. The van der Waals surface area contributed by atoms with Gasteiger partial charge in [0.25, 0.3) is 5.56 Å². The third-order valence-electron chi connectivity index (χ3n) is 4.46. The van der Waals surface area contributed by atoms with Crippen LogP contribution in [0.5, 0.6) is 5.75 Å². The lowest BCUT2D eigenvalue weighted by Gasteiger charge is -2.18. The van der Waals surface area contributed by atoms with Crippen molar-refractivity contribution in [1.82, 2.24) is 14.5 Å². The maximum atomic E-state index is 12.7. The van der Waals surface area contributed by atoms with E-state index in [-0.39, 0.29) is 23.0 Å². The monoisotopic (exact) mass is 433 g/mol. The lowest BCUT2D eigenvalue weighted by Crippen LogP contribution is -2.28. The second-order valence-electron chi connectivity index (χ2n) is 6.52. The van der Waals surface area contributed by atoms with Crippen LogP contribution < -0.4 is 10.3 Å². The first-order chi connectivity index (χ1) is 14.4. The number of carbonyl (C=O) groups excluding carboxylic acids is 1. The van der Waals surface area contributed by atoms with E-state index in [9.17, 15) is 18.4 Å². The molecule has 0 aliphatic rings. The molecule has 0 saturated carbocycles. The number of halogens is 2. The maximum absolute atomic E-state index is 12.7. The van der Waals surface area contributed by atoms with Crippen LogP contribution in [-0.2, 0) is 17.9 Å². The Morgan fingerprint density at radius 2 is 1.90 bits per heavy atom. The van der Waals surface area contributed by atoms with Gasteiger partial charge in [-0.1, -0.05) is 36.0 Å². The summed E-state index contributed by atoms with van der Waals surface area (Å²) >= 11 is 1.21. The van der Waals surface area contributed by atoms with Gasteiger partial charge in [0.15, 0.2) is 5.16 Å². The van der Waals surface area contributed by atoms with Crippen LogP contribution in [0.3, 0.4) is 0 Å². The van der Waals surface area contributed by atoms with Gasteiger partial charge in [0, 0.05) is 20.1 Å². The normalized spacial score (nSPS) is 11.1. The molecule has 3 aromatic rings. The largest absolute Gasteiger partial charge is 0.435 e. The smallest absolute Gasteiger partial charge is 0.387 e. The Morgan fingerprint density at radius 1 is 1.20 bits per heavy atom. The van der Waals surface area contributed by atoms with Crippen molar-refractivity contribution in [2.75, 3.05) is 12.8 Å². The molecule has 1 aromatic heterocycles. The molecule has 0 spiro atoms. The number of amides is 1. The third kappa shape index (κ3) is 5.15. The minimum Gasteiger partial charge on any atom is -0.435 e. The number of benzene rings is 2. The summed E-state index contributed by atoms with van der Waals surface area (Å²) in [6.45, 7) is -0.241. The number of aromatic nitrogens is 2. The summed E-state index contributed by atoms with van der Waals surface area (Å²) in [5, 5.41) is 1.04. The number of fused-ring (bicyclic) bond motifs is 1. The quantitative estimate of drug-likeness (QED) is 0.400. The van der Waals surface area contributed by atoms with E-state index in [1.54, 1.807) is 41.9 Å². The number of ether oxygens (including phenoxy) is 1. The summed E-state index contributed by atoms with van der Waals surface area (Å²) in [6.07, 6.45) is 0. The van der Waals surface area contributed by atoms with E-state index >= 15 is 0 Å². The molecule has 0 unspecified atom stereocenters. The highest BCUT2D eigenvalue weighted by molar-refractivity contribution is 7.99. The zero-order chi connectivity index (χ0) is 21.7. The van der Waals surface area contributed by atoms with E-state index < -0.39 is 6.61 Å². The average molecular weight is 433 g/mol. The first-order valence-corrected chi connectivity index (χ1v) is 10.3. The van der Waals surface area contributed by atoms with Crippen molar-refractivity contribution in [1.29, 1.82) is 0 Å². The molecule has 0 bridgehead atoms. The number of thioether (sulfide) groups is 1. The van der Waals surface area contributed by atoms with Gasteiger partial charge in [-0.2, -0.15) is 8.78 Å². The molecule has 30 heavy (non-hydrogen) atoms. The average Bonchev–Trinajstić information content (AvgIpc) is 2.73. The van der Waals surface area contributed by atoms with E-state index in [1.165, 1.54) is 28.8 Å². The molecule has 3 rings (SSSR count). The molecule has 9 heteroatoms. The Balaban J connectivity index is 1.65. The predicted molar refractivity (Wildman–Crippen MR) is 112 cm³/mol. The van der Waals surface area contributed by atoms with Gasteiger partial charge in [0.05, 0.1) is 16.7 Å². The minimum atomic E-state index is -2.87. The highest BCUT2D eigenvalue weighted by atomic mass is 32.2. The van der Waals surface area contributed by atoms with E-state index in [0.29, 0.717) is 29.1 Å². The molecule has 6 nitrogen and oxygen atoms in total. The van der Waals surface area contributed by atoms with Crippen LogP contribution in [0, 0.1) is 0 Å². The van der Waals surface area contributed by atoms with Crippen molar-refractivity contribution in [3.05, 3.63) is 64.4 Å². The van der Waals surface area contributed by atoms with Gasteiger partial charge in [-0.25, -0.2) is 4.98 Å². The lowest BCUT2D eigenvalue weighted by molar-refractivity contribution is -0.127. The minimum absolute atomic E-state index is 0.0678. The second-order valence-corrected chi connectivity index (χ2v) is 7.46. The highest BCUT2D eigenvalue weighted by Gasteiger charge is 2.15. The van der Waals surface area contributed by atoms with E-state index in [4.69, 9.17) is 0 Å². The van der Waals surface area contributed by atoms with Gasteiger partial charge in [-0.05, 0) is 36.8 Å². The van der Waals surface area contributed by atoms with Crippen molar-refractivity contribution in [3.63, 3.8) is 0 Å². The fourth-order valence-electron chi connectivity index (χ4n) is 2.91. The van der Waals surface area contributed by atoms with Crippen LogP contribution in [0.2, 0.25) is 0 Å². The first kappa shape index (κ1) is 21.8. The number of nitrogens with zero attached hydrogens (tertiary/aromatic N) is 3. The molecule has 158 valence electrons. The Kier molecular flexibility index (Phi) is 7.04. The summed E-state index contributed by atoms with van der Waals surface area (Å²) in [7, 11) is 1.66. The SMILES string of the molecule is CCn1c(SCC(=O)N(C)Cc2ccc(OC(F)F)cc2)nc2ccccc2c1=O. The Hall–Kier alpha value is -2.94. The number of hydrogen-bond donors (Lipinski definition) is 0. The molecule has 1 amide bonds. The predicted octanol–water partition coefficient (Wildman–Crippen LogP) is 3.77. The summed E-state index contributed by atoms with van der Waals surface area (Å²) in [5.41, 5.74) is 1.26. The molecule has 0 aliphatic heterocycles. The molecule has 0 radical (unpaired) electrons. The molecule has 0 fully saturated rings. The Bertz CT molecular complexity index is 1090. The highest BCUT2D eigenvalue weighted by Crippen LogP contribution is 2.19. The van der Waals surface area contributed by atoms with Crippen LogP contribution in [0.15, 0.2) is 58.5 Å². The third-order valence-corrected chi connectivity index (χ3v) is 5.42. The van der Waals surface area contributed by atoms with Crippen LogP contribution in [0.4, 0.5) is 8.78 Å².